The number of hydrogen-bond donors (Lipinski definition) is 1. The van der Waals surface area contributed by atoms with E-state index in [0.29, 0.717) is 6.54 Å². The average Bonchev–Trinajstić information content (AvgIpc) is 2.65. The summed E-state index contributed by atoms with van der Waals surface area (Å²) in [6.45, 7) is 0.412. The predicted molar refractivity (Wildman–Crippen MR) is 104 cm³/mol. The average molecular weight is 392 g/mol. The highest BCUT2D eigenvalue weighted by Gasteiger charge is 2.16. The van der Waals surface area contributed by atoms with E-state index in [4.69, 9.17) is 0 Å². The minimum atomic E-state index is -0.398. The van der Waals surface area contributed by atoms with Gasteiger partial charge in [0.25, 0.3) is 0 Å². The summed E-state index contributed by atoms with van der Waals surface area (Å²) in [4.78, 5) is 0. The largest absolute Gasteiger partial charge is 0.312 e. The lowest BCUT2D eigenvalue weighted by Gasteiger charge is -2.22. The molecule has 1 atom stereocenters. The van der Waals surface area contributed by atoms with Crippen molar-refractivity contribution in [1.82, 2.24) is 5.06 Å². The second-order valence-electron chi connectivity index (χ2n) is 5.67. The van der Waals surface area contributed by atoms with Crippen LogP contribution in [0.3, 0.4) is 0 Å². The van der Waals surface area contributed by atoms with Gasteiger partial charge in [-0.2, -0.15) is 5.06 Å². The lowest BCUT2D eigenvalue weighted by atomic mass is 10.1. The first kappa shape index (κ1) is 17.4. The van der Waals surface area contributed by atoms with Gasteiger partial charge in [-0.25, -0.2) is 0 Å². The molecule has 3 heteroatoms. The highest BCUT2D eigenvalue weighted by molar-refractivity contribution is 9.10. The molecule has 0 aromatic heterocycles. The molecule has 0 aliphatic heterocycles. The van der Waals surface area contributed by atoms with E-state index in [2.05, 4.69) is 27.8 Å². The minimum Gasteiger partial charge on any atom is -0.312 e. The summed E-state index contributed by atoms with van der Waals surface area (Å²) < 4.78 is 1.02. The highest BCUT2D eigenvalue weighted by Crippen LogP contribution is 2.21. The molecule has 124 valence electrons. The summed E-state index contributed by atoms with van der Waals surface area (Å²) in [5, 5.41) is 11.9. The molecule has 3 aromatic rings. The maximum absolute atomic E-state index is 10.7. The number of halogens is 1. The van der Waals surface area contributed by atoms with E-state index < -0.39 is 6.04 Å². The number of rotatable bonds is 4. The van der Waals surface area contributed by atoms with Crippen LogP contribution in [0.25, 0.3) is 0 Å². The van der Waals surface area contributed by atoms with Gasteiger partial charge in [0.2, 0.25) is 0 Å². The zero-order chi connectivity index (χ0) is 17.5. The monoisotopic (exact) mass is 391 g/mol. The van der Waals surface area contributed by atoms with E-state index in [1.54, 1.807) is 0 Å². The van der Waals surface area contributed by atoms with Crippen molar-refractivity contribution in [3.05, 3.63) is 106 Å². The zero-order valence-electron chi connectivity index (χ0n) is 13.6. The van der Waals surface area contributed by atoms with Gasteiger partial charge in [0.1, 0.15) is 6.04 Å². The molecular formula is C22H18BrNO. The number of benzene rings is 3. The zero-order valence-corrected chi connectivity index (χ0v) is 15.2. The SMILES string of the molecule is ON(Cc1ccccc1)C(C#Cc1ccc(Br)cc1)c1ccccc1. The fourth-order valence-electron chi connectivity index (χ4n) is 2.51. The molecule has 25 heavy (non-hydrogen) atoms. The van der Waals surface area contributed by atoms with Crippen LogP contribution >= 0.6 is 15.9 Å². The van der Waals surface area contributed by atoms with E-state index in [9.17, 15) is 5.21 Å². The first-order valence-electron chi connectivity index (χ1n) is 8.04. The van der Waals surface area contributed by atoms with Crippen LogP contribution in [0.15, 0.2) is 89.4 Å². The number of nitrogens with zero attached hydrogens (tertiary/aromatic N) is 1. The van der Waals surface area contributed by atoms with Crippen molar-refractivity contribution in [3.63, 3.8) is 0 Å². The first-order valence-corrected chi connectivity index (χ1v) is 8.83. The molecule has 2 nitrogen and oxygen atoms in total. The van der Waals surface area contributed by atoms with Crippen molar-refractivity contribution >= 4 is 15.9 Å². The number of hydroxylamine groups is 2. The van der Waals surface area contributed by atoms with Crippen LogP contribution in [0.5, 0.6) is 0 Å². The Morgan fingerprint density at radius 3 is 2.08 bits per heavy atom. The Bertz CT molecular complexity index is 851. The van der Waals surface area contributed by atoms with Gasteiger partial charge in [-0.3, -0.25) is 0 Å². The molecule has 0 saturated carbocycles. The maximum Gasteiger partial charge on any atom is 0.121 e. The van der Waals surface area contributed by atoms with Crippen molar-refractivity contribution < 1.29 is 5.21 Å². The van der Waals surface area contributed by atoms with Crippen LogP contribution in [0.4, 0.5) is 0 Å². The summed E-state index contributed by atoms with van der Waals surface area (Å²) in [6, 6.07) is 27.2. The van der Waals surface area contributed by atoms with Gasteiger partial charge in [0.15, 0.2) is 0 Å². The Morgan fingerprint density at radius 2 is 1.44 bits per heavy atom. The minimum absolute atomic E-state index is 0.398. The number of hydrogen-bond acceptors (Lipinski definition) is 2. The molecule has 0 aliphatic rings. The highest BCUT2D eigenvalue weighted by atomic mass is 79.9. The smallest absolute Gasteiger partial charge is 0.121 e. The second kappa shape index (κ2) is 8.64. The molecule has 0 bridgehead atoms. The fraction of sp³-hybridized carbons (Fsp3) is 0.0909. The van der Waals surface area contributed by atoms with E-state index in [-0.39, 0.29) is 0 Å². The summed E-state index contributed by atoms with van der Waals surface area (Å²) in [5.41, 5.74) is 2.92. The molecule has 0 saturated heterocycles. The lowest BCUT2D eigenvalue weighted by Crippen LogP contribution is -2.24. The Hall–Kier alpha value is -2.38. The standard InChI is InChI=1S/C22H18BrNO/c23-21-14-11-18(12-15-21)13-16-22(20-9-5-2-6-10-20)24(25)17-19-7-3-1-4-8-19/h1-12,14-15,22,25H,17H2. The topological polar surface area (TPSA) is 23.5 Å². The molecule has 3 rings (SSSR count). The summed E-state index contributed by atoms with van der Waals surface area (Å²) >= 11 is 3.43. The Kier molecular flexibility index (Phi) is 6.03. The van der Waals surface area contributed by atoms with E-state index in [1.165, 1.54) is 5.06 Å². The molecule has 0 fully saturated rings. The molecule has 1 unspecified atom stereocenters. The molecular weight excluding hydrogens is 374 g/mol. The van der Waals surface area contributed by atoms with Crippen LogP contribution < -0.4 is 0 Å². The van der Waals surface area contributed by atoms with Crippen LogP contribution in [0.2, 0.25) is 0 Å². The van der Waals surface area contributed by atoms with Gasteiger partial charge in [-0.15, -0.1) is 0 Å². The van der Waals surface area contributed by atoms with Crippen molar-refractivity contribution in [2.24, 2.45) is 0 Å². The third-order valence-electron chi connectivity index (χ3n) is 3.80. The van der Waals surface area contributed by atoms with Gasteiger partial charge in [-0.05, 0) is 35.4 Å². The lowest BCUT2D eigenvalue weighted by molar-refractivity contribution is -0.121. The molecule has 3 aromatic carbocycles. The molecule has 0 radical (unpaired) electrons. The molecule has 0 amide bonds. The van der Waals surface area contributed by atoms with Gasteiger partial charge in [-0.1, -0.05) is 88.4 Å². The predicted octanol–water partition coefficient (Wildman–Crippen LogP) is 5.43. The summed E-state index contributed by atoms with van der Waals surface area (Å²) in [6.07, 6.45) is 0. The first-order chi connectivity index (χ1) is 12.2. The summed E-state index contributed by atoms with van der Waals surface area (Å²) in [5.74, 6) is 6.37. The Labute approximate surface area is 156 Å². The third-order valence-corrected chi connectivity index (χ3v) is 4.33. The van der Waals surface area contributed by atoms with Gasteiger partial charge < -0.3 is 5.21 Å². The van der Waals surface area contributed by atoms with Gasteiger partial charge >= 0.3 is 0 Å². The second-order valence-corrected chi connectivity index (χ2v) is 6.59. The van der Waals surface area contributed by atoms with E-state index in [0.717, 1.165) is 21.2 Å². The fourth-order valence-corrected chi connectivity index (χ4v) is 2.78. The van der Waals surface area contributed by atoms with E-state index >= 15 is 0 Å². The Morgan fingerprint density at radius 1 is 0.840 bits per heavy atom. The van der Waals surface area contributed by atoms with Gasteiger partial charge in [0.05, 0.1) is 6.54 Å². The van der Waals surface area contributed by atoms with Gasteiger partial charge in [0, 0.05) is 10.0 Å². The molecule has 0 spiro atoms. The third kappa shape index (κ3) is 5.04. The Balaban J connectivity index is 1.86. The van der Waals surface area contributed by atoms with Crippen molar-refractivity contribution in [1.29, 1.82) is 0 Å². The molecule has 0 heterocycles. The normalized spacial score (nSPS) is 11.6. The molecule has 1 N–H and O–H groups in total. The van der Waals surface area contributed by atoms with Crippen molar-refractivity contribution in [2.75, 3.05) is 0 Å². The van der Waals surface area contributed by atoms with Crippen LogP contribution in [-0.4, -0.2) is 10.3 Å². The van der Waals surface area contributed by atoms with Crippen molar-refractivity contribution in [2.45, 2.75) is 12.6 Å². The van der Waals surface area contributed by atoms with E-state index in [1.807, 2.05) is 84.9 Å². The summed E-state index contributed by atoms with van der Waals surface area (Å²) in [7, 11) is 0. The maximum atomic E-state index is 10.7. The quantitative estimate of drug-likeness (QED) is 0.473. The van der Waals surface area contributed by atoms with Crippen LogP contribution in [0, 0.1) is 11.8 Å². The van der Waals surface area contributed by atoms with Crippen LogP contribution in [0.1, 0.15) is 22.7 Å². The van der Waals surface area contributed by atoms with Crippen molar-refractivity contribution in [3.8, 4) is 11.8 Å². The van der Waals surface area contributed by atoms with Crippen LogP contribution in [-0.2, 0) is 6.54 Å². The molecule has 0 aliphatic carbocycles.